The highest BCUT2D eigenvalue weighted by Crippen LogP contribution is 2.21. The number of ketones is 1. The van der Waals surface area contributed by atoms with E-state index in [1.54, 1.807) is 7.11 Å². The number of carbonyl (C=O) groups is 1. The summed E-state index contributed by atoms with van der Waals surface area (Å²) in [7, 11) is 1.62. The molecule has 0 N–H and O–H groups in total. The fourth-order valence-electron chi connectivity index (χ4n) is 3.16. The van der Waals surface area contributed by atoms with Crippen molar-refractivity contribution in [3.05, 3.63) is 59.7 Å². The Kier molecular flexibility index (Phi) is 6.05. The highest BCUT2D eigenvalue weighted by molar-refractivity contribution is 6.07. The van der Waals surface area contributed by atoms with Crippen LogP contribution >= 0.6 is 0 Å². The third-order valence-corrected chi connectivity index (χ3v) is 4.78. The summed E-state index contributed by atoms with van der Waals surface area (Å²) >= 11 is 0. The molecule has 0 saturated heterocycles. The topological polar surface area (TPSA) is 41.9 Å². The number of ether oxygens (including phenoxy) is 1. The van der Waals surface area contributed by atoms with E-state index in [2.05, 4.69) is 36.1 Å². The van der Waals surface area contributed by atoms with Crippen LogP contribution < -0.4 is 9.64 Å². The summed E-state index contributed by atoms with van der Waals surface area (Å²) in [4.78, 5) is 19.6. The van der Waals surface area contributed by atoms with Gasteiger partial charge < -0.3 is 9.64 Å². The summed E-state index contributed by atoms with van der Waals surface area (Å²) in [5, 5.41) is 0. The highest BCUT2D eigenvalue weighted by atomic mass is 16.5. The molecule has 26 heavy (non-hydrogen) atoms. The van der Waals surface area contributed by atoms with Crippen molar-refractivity contribution in [3.63, 3.8) is 0 Å². The van der Waals surface area contributed by atoms with Crippen LogP contribution in [-0.2, 0) is 6.42 Å². The van der Waals surface area contributed by atoms with E-state index in [0.29, 0.717) is 12.1 Å². The summed E-state index contributed by atoms with van der Waals surface area (Å²) in [5.74, 6) is 1.85. The Labute approximate surface area is 155 Å². The zero-order valence-electron chi connectivity index (χ0n) is 15.6. The number of Topliss-reactive ketones (excluding diaryl/α,β-unsaturated/α-hetero) is 1. The SMILES string of the molecule is CCc1ccc(N(CC(=O)c2ccc(OC)cc2)C2=NCCCC2)cc1. The first kappa shape index (κ1) is 18.2. The lowest BCUT2D eigenvalue weighted by Crippen LogP contribution is -2.37. The molecule has 1 aliphatic rings. The van der Waals surface area contributed by atoms with Crippen molar-refractivity contribution in [1.29, 1.82) is 0 Å². The van der Waals surface area contributed by atoms with Gasteiger partial charge in [0.05, 0.1) is 13.7 Å². The first-order valence-corrected chi connectivity index (χ1v) is 9.28. The van der Waals surface area contributed by atoms with Crippen molar-refractivity contribution in [2.24, 2.45) is 4.99 Å². The van der Waals surface area contributed by atoms with Crippen LogP contribution in [0.2, 0.25) is 0 Å². The lowest BCUT2D eigenvalue weighted by molar-refractivity contribution is 0.100. The minimum Gasteiger partial charge on any atom is -0.497 e. The maximum Gasteiger partial charge on any atom is 0.182 e. The number of hydrogen-bond donors (Lipinski definition) is 0. The van der Waals surface area contributed by atoms with Gasteiger partial charge in [-0.05, 0) is 61.2 Å². The normalized spacial score (nSPS) is 13.8. The molecule has 0 saturated carbocycles. The van der Waals surface area contributed by atoms with Crippen LogP contribution in [0.4, 0.5) is 5.69 Å². The first-order chi connectivity index (χ1) is 12.7. The van der Waals surface area contributed by atoms with Crippen molar-refractivity contribution in [2.75, 3.05) is 25.1 Å². The Morgan fingerprint density at radius 3 is 2.38 bits per heavy atom. The number of aryl methyl sites for hydroxylation is 1. The van der Waals surface area contributed by atoms with Crippen LogP contribution in [0.25, 0.3) is 0 Å². The van der Waals surface area contributed by atoms with Gasteiger partial charge in [0.25, 0.3) is 0 Å². The number of carbonyl (C=O) groups excluding carboxylic acids is 1. The second kappa shape index (κ2) is 8.65. The van der Waals surface area contributed by atoms with Crippen molar-refractivity contribution in [1.82, 2.24) is 0 Å². The zero-order valence-corrected chi connectivity index (χ0v) is 15.6. The average Bonchev–Trinajstić information content (AvgIpc) is 2.72. The van der Waals surface area contributed by atoms with Crippen molar-refractivity contribution in [3.8, 4) is 5.75 Å². The van der Waals surface area contributed by atoms with E-state index in [4.69, 9.17) is 9.73 Å². The van der Waals surface area contributed by atoms with Gasteiger partial charge in [-0.1, -0.05) is 19.1 Å². The Hall–Kier alpha value is -2.62. The summed E-state index contributed by atoms with van der Waals surface area (Å²) in [6.45, 7) is 3.29. The molecule has 4 heteroatoms. The molecule has 0 aliphatic carbocycles. The van der Waals surface area contributed by atoms with E-state index in [1.165, 1.54) is 5.56 Å². The van der Waals surface area contributed by atoms with Crippen LogP contribution in [0.3, 0.4) is 0 Å². The third-order valence-electron chi connectivity index (χ3n) is 4.78. The molecule has 0 amide bonds. The molecule has 0 bridgehead atoms. The number of rotatable bonds is 6. The maximum absolute atomic E-state index is 12.9. The minimum absolute atomic E-state index is 0.0838. The summed E-state index contributed by atoms with van der Waals surface area (Å²) < 4.78 is 5.18. The van der Waals surface area contributed by atoms with Crippen molar-refractivity contribution < 1.29 is 9.53 Å². The number of aliphatic imine (C=N–C) groups is 1. The Morgan fingerprint density at radius 2 is 1.81 bits per heavy atom. The standard InChI is InChI=1S/C22H26N2O2/c1-3-17-7-11-19(12-8-17)24(22-6-4-5-15-23-22)16-21(25)18-9-13-20(26-2)14-10-18/h7-14H,3-6,15-16H2,1-2H3. The number of hydrogen-bond acceptors (Lipinski definition) is 4. The van der Waals surface area contributed by atoms with Gasteiger partial charge in [-0.25, -0.2) is 0 Å². The van der Waals surface area contributed by atoms with Crippen LogP contribution in [0, 0.1) is 0 Å². The monoisotopic (exact) mass is 350 g/mol. The maximum atomic E-state index is 12.9. The lowest BCUT2D eigenvalue weighted by atomic mass is 10.1. The molecule has 0 aromatic heterocycles. The van der Waals surface area contributed by atoms with Gasteiger partial charge in [0.2, 0.25) is 0 Å². The molecule has 0 spiro atoms. The van der Waals surface area contributed by atoms with Crippen LogP contribution in [-0.4, -0.2) is 31.8 Å². The second-order valence-electron chi connectivity index (χ2n) is 6.51. The molecule has 0 radical (unpaired) electrons. The van der Waals surface area contributed by atoms with E-state index >= 15 is 0 Å². The van der Waals surface area contributed by atoms with Gasteiger partial charge in [-0.15, -0.1) is 0 Å². The van der Waals surface area contributed by atoms with Crippen LogP contribution in [0.5, 0.6) is 5.75 Å². The molecule has 2 aromatic carbocycles. The van der Waals surface area contributed by atoms with Gasteiger partial charge in [0, 0.05) is 24.2 Å². The lowest BCUT2D eigenvalue weighted by Gasteiger charge is -2.28. The van der Waals surface area contributed by atoms with Crippen molar-refractivity contribution >= 4 is 17.3 Å². The molecule has 1 aliphatic heterocycles. The molecular weight excluding hydrogens is 324 g/mol. The summed E-state index contributed by atoms with van der Waals surface area (Å²) in [6, 6.07) is 15.7. The molecule has 0 atom stereocenters. The Morgan fingerprint density at radius 1 is 1.08 bits per heavy atom. The molecule has 0 fully saturated rings. The zero-order chi connectivity index (χ0) is 18.4. The van der Waals surface area contributed by atoms with Crippen LogP contribution in [0.15, 0.2) is 53.5 Å². The molecule has 1 heterocycles. The Balaban J connectivity index is 1.84. The van der Waals surface area contributed by atoms with Gasteiger partial charge in [-0.3, -0.25) is 9.79 Å². The predicted molar refractivity (Wildman–Crippen MR) is 107 cm³/mol. The van der Waals surface area contributed by atoms with Crippen molar-refractivity contribution in [2.45, 2.75) is 32.6 Å². The van der Waals surface area contributed by atoms with Gasteiger partial charge in [0.15, 0.2) is 5.78 Å². The number of anilines is 1. The molecular formula is C22H26N2O2. The largest absolute Gasteiger partial charge is 0.497 e. The fourth-order valence-corrected chi connectivity index (χ4v) is 3.16. The molecule has 4 nitrogen and oxygen atoms in total. The fraction of sp³-hybridized carbons (Fsp3) is 0.364. The van der Waals surface area contributed by atoms with E-state index < -0.39 is 0 Å². The first-order valence-electron chi connectivity index (χ1n) is 9.28. The molecule has 136 valence electrons. The number of nitrogens with zero attached hydrogens (tertiary/aromatic N) is 2. The van der Waals surface area contributed by atoms with E-state index in [1.807, 2.05) is 24.3 Å². The average molecular weight is 350 g/mol. The predicted octanol–water partition coefficient (Wildman–Crippen LogP) is 4.53. The summed E-state index contributed by atoms with van der Waals surface area (Å²) in [5.41, 5.74) is 3.02. The molecule has 3 rings (SSSR count). The highest BCUT2D eigenvalue weighted by Gasteiger charge is 2.20. The Bertz CT molecular complexity index is 764. The van der Waals surface area contributed by atoms with E-state index in [-0.39, 0.29) is 5.78 Å². The number of benzene rings is 2. The smallest absolute Gasteiger partial charge is 0.182 e. The van der Waals surface area contributed by atoms with Gasteiger partial charge in [-0.2, -0.15) is 0 Å². The number of methoxy groups -OCH3 is 1. The van der Waals surface area contributed by atoms with Crippen LogP contribution in [0.1, 0.15) is 42.1 Å². The summed E-state index contributed by atoms with van der Waals surface area (Å²) in [6.07, 6.45) is 4.18. The van der Waals surface area contributed by atoms with Gasteiger partial charge >= 0.3 is 0 Å². The quantitative estimate of drug-likeness (QED) is 0.719. The van der Waals surface area contributed by atoms with Gasteiger partial charge in [0.1, 0.15) is 11.6 Å². The minimum atomic E-state index is 0.0838. The third kappa shape index (κ3) is 4.31. The second-order valence-corrected chi connectivity index (χ2v) is 6.51. The van der Waals surface area contributed by atoms with E-state index in [9.17, 15) is 4.79 Å². The molecule has 2 aromatic rings. The molecule has 0 unspecified atom stereocenters. The number of amidine groups is 1. The van der Waals surface area contributed by atoms with E-state index in [0.717, 1.165) is 49.5 Å².